The first kappa shape index (κ1) is 12.6. The number of likely N-dealkylation sites (N-methyl/N-ethyl adjacent to an activating group) is 1. The van der Waals surface area contributed by atoms with Gasteiger partial charge in [0.15, 0.2) is 5.78 Å². The van der Waals surface area contributed by atoms with Gasteiger partial charge in [-0.3, -0.25) is 4.79 Å². The second-order valence-corrected chi connectivity index (χ2v) is 5.42. The van der Waals surface area contributed by atoms with E-state index in [1.165, 1.54) is 0 Å². The second-order valence-electron chi connectivity index (χ2n) is 4.51. The molecule has 1 aromatic carbocycles. The summed E-state index contributed by atoms with van der Waals surface area (Å²) >= 11 is 3.42. The van der Waals surface area contributed by atoms with E-state index < -0.39 is 0 Å². The van der Waals surface area contributed by atoms with Crippen molar-refractivity contribution in [2.45, 2.75) is 6.92 Å². The summed E-state index contributed by atoms with van der Waals surface area (Å²) in [6, 6.07) is 5.95. The predicted octanol–water partition coefficient (Wildman–Crippen LogP) is 2.40. The van der Waals surface area contributed by atoms with E-state index in [1.54, 1.807) is 6.92 Å². The maximum atomic E-state index is 11.7. The van der Waals surface area contributed by atoms with E-state index in [0.717, 1.165) is 41.9 Å². The number of ketones is 1. The summed E-state index contributed by atoms with van der Waals surface area (Å²) in [4.78, 5) is 16.3. The summed E-state index contributed by atoms with van der Waals surface area (Å²) in [5.41, 5.74) is 1.87. The van der Waals surface area contributed by atoms with Crippen molar-refractivity contribution in [3.63, 3.8) is 0 Å². The highest BCUT2D eigenvalue weighted by molar-refractivity contribution is 9.10. The van der Waals surface area contributed by atoms with Crippen molar-refractivity contribution >= 4 is 27.4 Å². The van der Waals surface area contributed by atoms with Gasteiger partial charge in [-0.2, -0.15) is 0 Å². The monoisotopic (exact) mass is 296 g/mol. The van der Waals surface area contributed by atoms with Gasteiger partial charge in [0.1, 0.15) is 0 Å². The Balaban J connectivity index is 2.28. The standard InChI is InChI=1S/C13H17BrN2O/c1-10(17)12-9-11(14)3-4-13(12)16-7-5-15(2)6-8-16/h3-4,9H,5-8H2,1-2H3. The summed E-state index contributed by atoms with van der Waals surface area (Å²) in [5.74, 6) is 0.125. The zero-order chi connectivity index (χ0) is 12.4. The molecule has 0 aromatic heterocycles. The fourth-order valence-corrected chi connectivity index (χ4v) is 2.47. The van der Waals surface area contributed by atoms with E-state index in [-0.39, 0.29) is 5.78 Å². The highest BCUT2D eigenvalue weighted by atomic mass is 79.9. The Bertz CT molecular complexity index is 425. The minimum atomic E-state index is 0.125. The lowest BCUT2D eigenvalue weighted by atomic mass is 10.1. The minimum absolute atomic E-state index is 0.125. The molecule has 1 aromatic rings. The molecule has 4 heteroatoms. The maximum Gasteiger partial charge on any atom is 0.161 e. The maximum absolute atomic E-state index is 11.7. The number of nitrogens with zero attached hydrogens (tertiary/aromatic N) is 2. The van der Waals surface area contributed by atoms with E-state index >= 15 is 0 Å². The summed E-state index contributed by atoms with van der Waals surface area (Å²) in [5, 5.41) is 0. The Morgan fingerprint density at radius 2 is 1.88 bits per heavy atom. The van der Waals surface area contributed by atoms with Crippen LogP contribution in [-0.4, -0.2) is 43.9 Å². The van der Waals surface area contributed by atoms with Crippen molar-refractivity contribution in [2.24, 2.45) is 0 Å². The Kier molecular flexibility index (Phi) is 3.84. The summed E-state index contributed by atoms with van der Waals surface area (Å²) < 4.78 is 0.959. The molecule has 0 spiro atoms. The first-order valence-corrected chi connectivity index (χ1v) is 6.61. The number of Topliss-reactive ketones (excluding diaryl/α,β-unsaturated/α-hetero) is 1. The zero-order valence-corrected chi connectivity index (χ0v) is 11.8. The fourth-order valence-electron chi connectivity index (χ4n) is 2.11. The fraction of sp³-hybridized carbons (Fsp3) is 0.462. The van der Waals surface area contributed by atoms with Crippen molar-refractivity contribution in [3.8, 4) is 0 Å². The van der Waals surface area contributed by atoms with Gasteiger partial charge in [-0.05, 0) is 32.2 Å². The lowest BCUT2D eigenvalue weighted by Crippen LogP contribution is -2.44. The van der Waals surface area contributed by atoms with Crippen LogP contribution in [0.25, 0.3) is 0 Å². The van der Waals surface area contributed by atoms with Gasteiger partial charge >= 0.3 is 0 Å². The summed E-state index contributed by atoms with van der Waals surface area (Å²) in [6.45, 7) is 5.69. The predicted molar refractivity (Wildman–Crippen MR) is 73.9 cm³/mol. The Morgan fingerprint density at radius 3 is 2.47 bits per heavy atom. The topological polar surface area (TPSA) is 23.6 Å². The molecule has 1 heterocycles. The number of carbonyl (C=O) groups is 1. The minimum Gasteiger partial charge on any atom is -0.368 e. The van der Waals surface area contributed by atoms with Crippen LogP contribution in [0, 0.1) is 0 Å². The SMILES string of the molecule is CC(=O)c1cc(Br)ccc1N1CCN(C)CC1. The second kappa shape index (κ2) is 5.19. The zero-order valence-electron chi connectivity index (χ0n) is 10.2. The van der Waals surface area contributed by atoms with E-state index in [9.17, 15) is 4.79 Å². The average Bonchev–Trinajstić information content (AvgIpc) is 2.30. The summed E-state index contributed by atoms with van der Waals surface area (Å²) in [7, 11) is 2.13. The molecule has 0 atom stereocenters. The molecule has 17 heavy (non-hydrogen) atoms. The van der Waals surface area contributed by atoms with Crippen LogP contribution in [0.3, 0.4) is 0 Å². The van der Waals surface area contributed by atoms with Crippen LogP contribution in [0.15, 0.2) is 22.7 Å². The Morgan fingerprint density at radius 1 is 1.24 bits per heavy atom. The molecule has 1 aliphatic heterocycles. The molecule has 0 amide bonds. The van der Waals surface area contributed by atoms with Crippen molar-refractivity contribution in [3.05, 3.63) is 28.2 Å². The van der Waals surface area contributed by atoms with Gasteiger partial charge in [0, 0.05) is 41.9 Å². The van der Waals surface area contributed by atoms with E-state index in [1.807, 2.05) is 18.2 Å². The molecule has 0 aliphatic carbocycles. The van der Waals surface area contributed by atoms with Gasteiger partial charge < -0.3 is 9.80 Å². The van der Waals surface area contributed by atoms with Gasteiger partial charge in [-0.1, -0.05) is 15.9 Å². The number of hydrogen-bond donors (Lipinski definition) is 0. The van der Waals surface area contributed by atoms with Crippen LogP contribution in [0.5, 0.6) is 0 Å². The molecule has 92 valence electrons. The molecule has 0 N–H and O–H groups in total. The van der Waals surface area contributed by atoms with Crippen LogP contribution in [0.1, 0.15) is 17.3 Å². The van der Waals surface area contributed by atoms with Crippen molar-refractivity contribution < 1.29 is 4.79 Å². The smallest absolute Gasteiger partial charge is 0.161 e. The number of carbonyl (C=O) groups excluding carboxylic acids is 1. The number of halogens is 1. The van der Waals surface area contributed by atoms with Gasteiger partial charge in [0.2, 0.25) is 0 Å². The number of benzene rings is 1. The molecule has 0 bridgehead atoms. The van der Waals surface area contributed by atoms with Crippen molar-refractivity contribution in [1.29, 1.82) is 0 Å². The lowest BCUT2D eigenvalue weighted by Gasteiger charge is -2.35. The van der Waals surface area contributed by atoms with E-state index in [0.29, 0.717) is 0 Å². The van der Waals surface area contributed by atoms with Crippen molar-refractivity contribution in [2.75, 3.05) is 38.1 Å². The van der Waals surface area contributed by atoms with E-state index in [2.05, 4.69) is 32.8 Å². The lowest BCUT2D eigenvalue weighted by molar-refractivity contribution is 0.101. The first-order valence-electron chi connectivity index (χ1n) is 5.82. The molecule has 0 saturated carbocycles. The van der Waals surface area contributed by atoms with E-state index in [4.69, 9.17) is 0 Å². The molecule has 1 fully saturated rings. The number of piperazine rings is 1. The van der Waals surface area contributed by atoms with Crippen molar-refractivity contribution in [1.82, 2.24) is 4.90 Å². The van der Waals surface area contributed by atoms with Gasteiger partial charge in [0.25, 0.3) is 0 Å². The van der Waals surface area contributed by atoms with Gasteiger partial charge in [-0.15, -0.1) is 0 Å². The third kappa shape index (κ3) is 2.87. The Hall–Kier alpha value is -0.870. The molecule has 1 aliphatic rings. The normalized spacial score (nSPS) is 17.2. The highest BCUT2D eigenvalue weighted by Gasteiger charge is 2.18. The van der Waals surface area contributed by atoms with Crippen LogP contribution in [-0.2, 0) is 0 Å². The van der Waals surface area contributed by atoms with Crippen LogP contribution in [0.2, 0.25) is 0 Å². The molecule has 1 saturated heterocycles. The number of anilines is 1. The molecule has 0 radical (unpaired) electrons. The van der Waals surface area contributed by atoms with Crippen LogP contribution >= 0.6 is 15.9 Å². The van der Waals surface area contributed by atoms with Crippen LogP contribution < -0.4 is 4.90 Å². The third-order valence-electron chi connectivity index (χ3n) is 3.18. The van der Waals surface area contributed by atoms with Crippen LogP contribution in [0.4, 0.5) is 5.69 Å². The van der Waals surface area contributed by atoms with Gasteiger partial charge in [0.05, 0.1) is 0 Å². The largest absolute Gasteiger partial charge is 0.368 e. The molecule has 3 nitrogen and oxygen atoms in total. The first-order chi connectivity index (χ1) is 8.08. The quantitative estimate of drug-likeness (QED) is 0.783. The number of rotatable bonds is 2. The molecule has 2 rings (SSSR count). The Labute approximate surface area is 111 Å². The molecular weight excluding hydrogens is 280 g/mol. The molecule has 0 unspecified atom stereocenters. The number of hydrogen-bond acceptors (Lipinski definition) is 3. The third-order valence-corrected chi connectivity index (χ3v) is 3.68. The average molecular weight is 297 g/mol. The molecular formula is C13H17BrN2O. The highest BCUT2D eigenvalue weighted by Crippen LogP contribution is 2.25. The summed E-state index contributed by atoms with van der Waals surface area (Å²) in [6.07, 6.45) is 0. The van der Waals surface area contributed by atoms with Gasteiger partial charge in [-0.25, -0.2) is 0 Å².